The van der Waals surface area contributed by atoms with Crippen molar-refractivity contribution in [1.82, 2.24) is 0 Å². The zero-order chi connectivity index (χ0) is 27.4. The highest BCUT2D eigenvalue weighted by molar-refractivity contribution is 7.85. The van der Waals surface area contributed by atoms with Crippen molar-refractivity contribution in [3.63, 3.8) is 0 Å². The molecule has 8 aromatic rings. The summed E-state index contributed by atoms with van der Waals surface area (Å²) in [5, 5.41) is 9.18. The number of fused-ring (bicyclic) bond motifs is 5. The van der Waals surface area contributed by atoms with Crippen LogP contribution in [-0.2, 0) is 4.57 Å². The van der Waals surface area contributed by atoms with Crippen molar-refractivity contribution in [2.24, 2.45) is 0 Å². The molecule has 194 valence electrons. The first-order chi connectivity index (χ1) is 20.2. The Morgan fingerprint density at radius 1 is 0.439 bits per heavy atom. The molecule has 0 atom stereocenters. The second-order valence-corrected chi connectivity index (χ2v) is 13.2. The van der Waals surface area contributed by atoms with E-state index in [0.29, 0.717) is 0 Å². The Balaban J connectivity index is 1.36. The van der Waals surface area contributed by atoms with E-state index in [0.717, 1.165) is 59.8 Å². The van der Waals surface area contributed by atoms with Crippen LogP contribution in [0.1, 0.15) is 0 Å². The zero-order valence-electron chi connectivity index (χ0n) is 22.2. The molecule has 0 saturated carbocycles. The van der Waals surface area contributed by atoms with Crippen molar-refractivity contribution in [2.45, 2.75) is 0 Å². The first-order valence-electron chi connectivity index (χ1n) is 13.8. The van der Waals surface area contributed by atoms with E-state index in [-0.39, 0.29) is 0 Å². The second-order valence-electron chi connectivity index (χ2n) is 10.5. The maximum Gasteiger partial charge on any atom is 0.171 e. The molecule has 0 amide bonds. The Morgan fingerprint density at radius 2 is 1.05 bits per heavy atom. The number of furan rings is 1. The summed E-state index contributed by atoms with van der Waals surface area (Å²) in [6.45, 7) is 0. The van der Waals surface area contributed by atoms with E-state index in [1.54, 1.807) is 0 Å². The quantitative estimate of drug-likeness (QED) is 0.207. The number of rotatable bonds is 4. The highest BCUT2D eigenvalue weighted by Gasteiger charge is 2.31. The van der Waals surface area contributed by atoms with Gasteiger partial charge in [-0.25, -0.2) is 0 Å². The van der Waals surface area contributed by atoms with Gasteiger partial charge < -0.3 is 8.98 Å². The van der Waals surface area contributed by atoms with Crippen molar-refractivity contribution in [3.8, 4) is 11.1 Å². The summed E-state index contributed by atoms with van der Waals surface area (Å²) < 4.78 is 21.5. The van der Waals surface area contributed by atoms with Gasteiger partial charge in [0.2, 0.25) is 0 Å². The van der Waals surface area contributed by atoms with E-state index in [1.165, 1.54) is 10.8 Å². The molecular weight excluding hydrogens is 519 g/mol. The largest absolute Gasteiger partial charge is 0.456 e. The van der Waals surface area contributed by atoms with Gasteiger partial charge in [0.05, 0.1) is 0 Å². The van der Waals surface area contributed by atoms with E-state index in [4.69, 9.17) is 4.42 Å². The first kappa shape index (κ1) is 23.9. The van der Waals surface area contributed by atoms with Gasteiger partial charge in [-0.15, -0.1) is 0 Å². The summed E-state index contributed by atoms with van der Waals surface area (Å²) in [7, 11) is -3.13. The van der Waals surface area contributed by atoms with Crippen LogP contribution in [0.4, 0.5) is 0 Å². The van der Waals surface area contributed by atoms with Gasteiger partial charge in [-0.2, -0.15) is 0 Å². The predicted molar refractivity (Wildman–Crippen MR) is 174 cm³/mol. The van der Waals surface area contributed by atoms with Gasteiger partial charge in [0.15, 0.2) is 7.14 Å². The third kappa shape index (κ3) is 3.76. The lowest BCUT2D eigenvalue weighted by atomic mass is 9.96. The van der Waals surface area contributed by atoms with Crippen LogP contribution in [-0.4, -0.2) is 0 Å². The Bertz CT molecular complexity index is 2240. The standard InChI is InChI=1S/C38H25O2P/c39-41(29-13-3-1-4-14-29,30-15-5-2-6-16-30)38-20-10-18-32-31(17-9-19-33(32)38)28-21-22-36-34(24-28)35-23-26-11-7-8-12-27(26)25-37(35)40-36/h1-25H. The van der Waals surface area contributed by atoms with Gasteiger partial charge in [0, 0.05) is 26.7 Å². The zero-order valence-corrected chi connectivity index (χ0v) is 23.1. The molecule has 41 heavy (non-hydrogen) atoms. The number of benzene rings is 7. The Labute approximate surface area is 237 Å². The van der Waals surface area contributed by atoms with Crippen LogP contribution >= 0.6 is 7.14 Å². The molecule has 0 aliphatic carbocycles. The van der Waals surface area contributed by atoms with Crippen LogP contribution in [0.3, 0.4) is 0 Å². The van der Waals surface area contributed by atoms with Gasteiger partial charge >= 0.3 is 0 Å². The average Bonchev–Trinajstić information content (AvgIpc) is 3.40. The fraction of sp³-hybridized carbons (Fsp3) is 0. The molecule has 0 bridgehead atoms. The van der Waals surface area contributed by atoms with E-state index in [2.05, 4.69) is 78.9 Å². The summed E-state index contributed by atoms with van der Waals surface area (Å²) in [6.07, 6.45) is 0. The lowest BCUT2D eigenvalue weighted by molar-refractivity contribution is 0.592. The van der Waals surface area contributed by atoms with Gasteiger partial charge in [0.1, 0.15) is 11.2 Å². The molecule has 0 N–H and O–H groups in total. The smallest absolute Gasteiger partial charge is 0.171 e. The highest BCUT2D eigenvalue weighted by atomic mass is 31.2. The molecule has 0 fully saturated rings. The minimum atomic E-state index is -3.13. The molecule has 0 aliphatic heterocycles. The van der Waals surface area contributed by atoms with Crippen molar-refractivity contribution in [3.05, 3.63) is 152 Å². The molecule has 0 unspecified atom stereocenters. The van der Waals surface area contributed by atoms with Gasteiger partial charge in [0.25, 0.3) is 0 Å². The topological polar surface area (TPSA) is 30.2 Å². The summed E-state index contributed by atoms with van der Waals surface area (Å²) in [5.41, 5.74) is 3.97. The van der Waals surface area contributed by atoms with Crippen molar-refractivity contribution < 1.29 is 8.98 Å². The summed E-state index contributed by atoms with van der Waals surface area (Å²) >= 11 is 0. The van der Waals surface area contributed by atoms with Crippen LogP contribution in [0.5, 0.6) is 0 Å². The third-order valence-electron chi connectivity index (χ3n) is 8.13. The lowest BCUT2D eigenvalue weighted by Crippen LogP contribution is -2.25. The molecule has 1 heterocycles. The van der Waals surface area contributed by atoms with Gasteiger partial charge in [-0.1, -0.05) is 127 Å². The molecule has 0 spiro atoms. The van der Waals surface area contributed by atoms with Crippen LogP contribution < -0.4 is 15.9 Å². The molecular formula is C38H25O2P. The number of hydrogen-bond donors (Lipinski definition) is 0. The molecule has 0 aliphatic rings. The summed E-state index contributed by atoms with van der Waals surface area (Å²) in [4.78, 5) is 0. The van der Waals surface area contributed by atoms with Crippen molar-refractivity contribution in [1.29, 1.82) is 0 Å². The average molecular weight is 545 g/mol. The minimum absolute atomic E-state index is 0.836. The number of hydrogen-bond acceptors (Lipinski definition) is 2. The van der Waals surface area contributed by atoms with Gasteiger partial charge in [-0.3, -0.25) is 0 Å². The maximum atomic E-state index is 15.3. The van der Waals surface area contributed by atoms with Gasteiger partial charge in [-0.05, 0) is 56.9 Å². The molecule has 1 aromatic heterocycles. The predicted octanol–water partition coefficient (Wildman–Crippen LogP) is 9.20. The third-order valence-corrected chi connectivity index (χ3v) is 11.2. The maximum absolute atomic E-state index is 15.3. The van der Waals surface area contributed by atoms with Crippen molar-refractivity contribution in [2.75, 3.05) is 0 Å². The molecule has 0 saturated heterocycles. The Kier molecular flexibility index (Phi) is 5.45. The summed E-state index contributed by atoms with van der Waals surface area (Å²) in [6, 6.07) is 51.4. The van der Waals surface area contributed by atoms with E-state index in [9.17, 15) is 0 Å². The van der Waals surface area contributed by atoms with E-state index < -0.39 is 7.14 Å². The van der Waals surface area contributed by atoms with E-state index in [1.807, 2.05) is 72.8 Å². The monoisotopic (exact) mass is 544 g/mol. The fourth-order valence-corrected chi connectivity index (χ4v) is 9.02. The molecule has 0 radical (unpaired) electrons. The Morgan fingerprint density at radius 3 is 1.78 bits per heavy atom. The highest BCUT2D eigenvalue weighted by Crippen LogP contribution is 2.45. The molecule has 8 rings (SSSR count). The van der Waals surface area contributed by atoms with E-state index >= 15 is 4.57 Å². The molecule has 2 nitrogen and oxygen atoms in total. The van der Waals surface area contributed by atoms with Crippen LogP contribution in [0.15, 0.2) is 156 Å². The van der Waals surface area contributed by atoms with Crippen molar-refractivity contribution >= 4 is 66.5 Å². The van der Waals surface area contributed by atoms with Crippen LogP contribution in [0, 0.1) is 0 Å². The second kappa shape index (κ2) is 9.34. The minimum Gasteiger partial charge on any atom is -0.456 e. The first-order valence-corrected chi connectivity index (χ1v) is 15.5. The molecule has 7 aromatic carbocycles. The normalized spacial score (nSPS) is 12.0. The van der Waals surface area contributed by atoms with Crippen LogP contribution in [0.25, 0.3) is 54.6 Å². The lowest BCUT2D eigenvalue weighted by Gasteiger charge is -2.22. The fourth-order valence-electron chi connectivity index (χ4n) is 6.15. The van der Waals surface area contributed by atoms with Crippen LogP contribution in [0.2, 0.25) is 0 Å². The SMILES string of the molecule is O=P(c1ccccc1)(c1ccccc1)c1cccc2c(-c3ccc4oc5cc6ccccc6cc5c4c3)cccc12. The summed E-state index contributed by atoms with van der Waals surface area (Å²) in [5.74, 6) is 0. The molecule has 3 heteroatoms. The Hall–Kier alpha value is -4.91.